The summed E-state index contributed by atoms with van der Waals surface area (Å²) in [4.78, 5) is 10.2. The van der Waals surface area contributed by atoms with Crippen LogP contribution in [0.15, 0.2) is 18.2 Å². The van der Waals surface area contributed by atoms with E-state index in [1.54, 1.807) is 18.2 Å². The highest BCUT2D eigenvalue weighted by molar-refractivity contribution is 6.30. The van der Waals surface area contributed by atoms with Crippen molar-refractivity contribution in [3.63, 3.8) is 0 Å². The minimum absolute atomic E-state index is 0.127. The van der Waals surface area contributed by atoms with Crippen molar-refractivity contribution < 1.29 is 9.90 Å². The van der Waals surface area contributed by atoms with Crippen LogP contribution in [0.25, 0.3) is 0 Å². The molecule has 0 spiro atoms. The van der Waals surface area contributed by atoms with E-state index in [0.29, 0.717) is 11.3 Å². The molecule has 1 atom stereocenters. The van der Waals surface area contributed by atoms with Gasteiger partial charge in [0.2, 0.25) is 0 Å². The van der Waals surface area contributed by atoms with Gasteiger partial charge in [0.15, 0.2) is 0 Å². The van der Waals surface area contributed by atoms with Gasteiger partial charge in [-0.15, -0.1) is 0 Å². The van der Waals surface area contributed by atoms with Gasteiger partial charge in [-0.3, -0.25) is 0 Å². The number of rotatable bonds is 3. The van der Waals surface area contributed by atoms with Crippen LogP contribution in [-0.4, -0.2) is 11.4 Å². The first kappa shape index (κ1) is 10.2. The number of hydrogen-bond acceptors (Lipinski definition) is 2. The molecule has 0 aliphatic heterocycles. The van der Waals surface area contributed by atoms with Gasteiger partial charge in [-0.2, -0.15) is 0 Å². The molecule has 1 unspecified atom stereocenters. The summed E-state index contributed by atoms with van der Waals surface area (Å²) in [6, 6.07) is 5.22. The van der Waals surface area contributed by atoms with Gasteiger partial charge in [0, 0.05) is 11.4 Å². The van der Waals surface area contributed by atoms with Crippen LogP contribution in [0, 0.1) is 6.92 Å². The molecule has 0 bridgehead atoms. The second-order valence-corrected chi connectivity index (χ2v) is 3.36. The molecular formula is C10H11ClO2. The number of carbonyl (C=O) groups excluding carboxylic acids is 1. The Kier molecular flexibility index (Phi) is 3.46. The van der Waals surface area contributed by atoms with Gasteiger partial charge in [-0.05, 0) is 30.2 Å². The maximum atomic E-state index is 10.2. The lowest BCUT2D eigenvalue weighted by atomic mass is 10.0. The first-order valence-electron chi connectivity index (χ1n) is 4.03. The molecule has 0 amide bonds. The molecule has 0 heterocycles. The molecule has 1 rings (SSSR count). The van der Waals surface area contributed by atoms with E-state index >= 15 is 0 Å². The van der Waals surface area contributed by atoms with E-state index in [0.717, 1.165) is 11.1 Å². The fraction of sp³-hybridized carbons (Fsp3) is 0.300. The number of aldehydes is 1. The second-order valence-electron chi connectivity index (χ2n) is 2.92. The minimum Gasteiger partial charge on any atom is -0.388 e. The number of aliphatic hydroxyl groups is 1. The van der Waals surface area contributed by atoms with E-state index in [-0.39, 0.29) is 6.42 Å². The lowest BCUT2D eigenvalue weighted by Gasteiger charge is -2.10. The van der Waals surface area contributed by atoms with Crippen LogP contribution in [0.1, 0.15) is 23.7 Å². The Morgan fingerprint density at radius 2 is 2.31 bits per heavy atom. The average Bonchev–Trinajstić information content (AvgIpc) is 2.04. The Bertz CT molecular complexity index is 310. The van der Waals surface area contributed by atoms with Crippen LogP contribution in [-0.2, 0) is 4.79 Å². The third-order valence-corrected chi connectivity index (χ3v) is 2.15. The molecule has 1 aromatic rings. The molecule has 3 heteroatoms. The predicted molar refractivity (Wildman–Crippen MR) is 51.8 cm³/mol. The summed E-state index contributed by atoms with van der Waals surface area (Å²) < 4.78 is 0. The molecule has 13 heavy (non-hydrogen) atoms. The summed E-state index contributed by atoms with van der Waals surface area (Å²) in [6.45, 7) is 1.86. The SMILES string of the molecule is Cc1cc(Cl)ccc1C(O)CC=O. The Labute approximate surface area is 82.2 Å². The van der Waals surface area contributed by atoms with E-state index in [9.17, 15) is 9.90 Å². The lowest BCUT2D eigenvalue weighted by Crippen LogP contribution is -2.00. The molecule has 0 saturated heterocycles. The average molecular weight is 199 g/mol. The zero-order chi connectivity index (χ0) is 9.84. The molecule has 1 N–H and O–H groups in total. The third kappa shape index (κ3) is 2.54. The quantitative estimate of drug-likeness (QED) is 0.757. The van der Waals surface area contributed by atoms with E-state index < -0.39 is 6.10 Å². The number of halogens is 1. The van der Waals surface area contributed by atoms with Gasteiger partial charge in [-0.1, -0.05) is 17.7 Å². The largest absolute Gasteiger partial charge is 0.388 e. The molecule has 1 aromatic carbocycles. The second kappa shape index (κ2) is 4.40. The highest BCUT2D eigenvalue weighted by atomic mass is 35.5. The zero-order valence-electron chi connectivity index (χ0n) is 7.33. The molecule has 0 aliphatic rings. The van der Waals surface area contributed by atoms with Crippen LogP contribution < -0.4 is 0 Å². The van der Waals surface area contributed by atoms with Crippen LogP contribution in [0.4, 0.5) is 0 Å². The fourth-order valence-electron chi connectivity index (χ4n) is 1.23. The van der Waals surface area contributed by atoms with Crippen molar-refractivity contribution in [2.24, 2.45) is 0 Å². The van der Waals surface area contributed by atoms with E-state index in [1.807, 2.05) is 6.92 Å². The maximum Gasteiger partial charge on any atom is 0.122 e. The summed E-state index contributed by atoms with van der Waals surface area (Å²) >= 11 is 5.75. The zero-order valence-corrected chi connectivity index (χ0v) is 8.08. The van der Waals surface area contributed by atoms with Crippen LogP contribution in [0.5, 0.6) is 0 Å². The smallest absolute Gasteiger partial charge is 0.122 e. The van der Waals surface area contributed by atoms with Crippen molar-refractivity contribution in [3.05, 3.63) is 34.3 Å². The van der Waals surface area contributed by atoms with Crippen LogP contribution in [0.3, 0.4) is 0 Å². The monoisotopic (exact) mass is 198 g/mol. The molecule has 0 fully saturated rings. The standard InChI is InChI=1S/C10H11ClO2/c1-7-6-8(11)2-3-9(7)10(13)4-5-12/h2-3,5-6,10,13H,4H2,1H3. The number of hydrogen-bond donors (Lipinski definition) is 1. The summed E-state index contributed by atoms with van der Waals surface area (Å²) in [5.41, 5.74) is 1.67. The summed E-state index contributed by atoms with van der Waals surface area (Å²) in [6.07, 6.45) is 0.121. The lowest BCUT2D eigenvalue weighted by molar-refractivity contribution is -0.109. The van der Waals surface area contributed by atoms with Crippen molar-refractivity contribution >= 4 is 17.9 Å². The molecule has 70 valence electrons. The van der Waals surface area contributed by atoms with Gasteiger partial charge in [0.25, 0.3) is 0 Å². The number of aliphatic hydroxyl groups excluding tert-OH is 1. The topological polar surface area (TPSA) is 37.3 Å². The van der Waals surface area contributed by atoms with E-state index in [4.69, 9.17) is 11.6 Å². The fourth-order valence-corrected chi connectivity index (χ4v) is 1.46. The van der Waals surface area contributed by atoms with Gasteiger partial charge in [-0.25, -0.2) is 0 Å². The Morgan fingerprint density at radius 1 is 1.62 bits per heavy atom. The van der Waals surface area contributed by atoms with Gasteiger partial charge >= 0.3 is 0 Å². The first-order valence-corrected chi connectivity index (χ1v) is 4.40. The van der Waals surface area contributed by atoms with Crippen molar-refractivity contribution in [1.29, 1.82) is 0 Å². The Morgan fingerprint density at radius 3 is 2.85 bits per heavy atom. The predicted octanol–water partition coefficient (Wildman–Crippen LogP) is 2.27. The first-order chi connectivity index (χ1) is 6.15. The van der Waals surface area contributed by atoms with Gasteiger partial charge in [0.05, 0.1) is 6.10 Å². The number of carbonyl (C=O) groups is 1. The van der Waals surface area contributed by atoms with Gasteiger partial charge in [0.1, 0.15) is 6.29 Å². The molecule has 0 aliphatic carbocycles. The van der Waals surface area contributed by atoms with E-state index in [2.05, 4.69) is 0 Å². The minimum atomic E-state index is -0.713. The molecular weight excluding hydrogens is 188 g/mol. The van der Waals surface area contributed by atoms with Crippen LogP contribution >= 0.6 is 11.6 Å². The van der Waals surface area contributed by atoms with Crippen molar-refractivity contribution in [3.8, 4) is 0 Å². The molecule has 2 nitrogen and oxygen atoms in total. The van der Waals surface area contributed by atoms with Crippen molar-refractivity contribution in [1.82, 2.24) is 0 Å². The highest BCUT2D eigenvalue weighted by Crippen LogP contribution is 2.22. The van der Waals surface area contributed by atoms with E-state index in [1.165, 1.54) is 0 Å². The van der Waals surface area contributed by atoms with Crippen LogP contribution in [0.2, 0.25) is 5.02 Å². The maximum absolute atomic E-state index is 10.2. The van der Waals surface area contributed by atoms with Crippen molar-refractivity contribution in [2.45, 2.75) is 19.4 Å². The summed E-state index contributed by atoms with van der Waals surface area (Å²) in [5, 5.41) is 10.2. The Balaban J connectivity index is 2.94. The summed E-state index contributed by atoms with van der Waals surface area (Å²) in [5.74, 6) is 0. The van der Waals surface area contributed by atoms with Crippen molar-refractivity contribution in [2.75, 3.05) is 0 Å². The molecule has 0 saturated carbocycles. The summed E-state index contributed by atoms with van der Waals surface area (Å²) in [7, 11) is 0. The Hall–Kier alpha value is -0.860. The number of benzene rings is 1. The van der Waals surface area contributed by atoms with Gasteiger partial charge < -0.3 is 9.90 Å². The molecule has 0 aromatic heterocycles. The normalized spacial score (nSPS) is 12.5. The molecule has 0 radical (unpaired) electrons. The highest BCUT2D eigenvalue weighted by Gasteiger charge is 2.09. The number of aryl methyl sites for hydroxylation is 1. The third-order valence-electron chi connectivity index (χ3n) is 1.91.